The van der Waals surface area contributed by atoms with Crippen molar-refractivity contribution >= 4 is 11.5 Å². The number of hydrogen-bond donors (Lipinski definition) is 1. The summed E-state index contributed by atoms with van der Waals surface area (Å²) in [6.45, 7) is 12.3. The summed E-state index contributed by atoms with van der Waals surface area (Å²) < 4.78 is 0. The highest BCUT2D eigenvalue weighted by Gasteiger charge is 2.41. The SMILES string of the molecule is CCC1=C(C)CC(C2=C(O)C(=C3N=C(C)C(CC)=C3C)C2=O)=C1C. The van der Waals surface area contributed by atoms with Gasteiger partial charge in [0.2, 0.25) is 5.78 Å². The van der Waals surface area contributed by atoms with Gasteiger partial charge in [0.15, 0.2) is 0 Å². The molecule has 0 atom stereocenters. The fourth-order valence-corrected chi connectivity index (χ4v) is 4.25. The van der Waals surface area contributed by atoms with E-state index >= 15 is 0 Å². The summed E-state index contributed by atoms with van der Waals surface area (Å²) in [6.07, 6.45) is 2.61. The van der Waals surface area contributed by atoms with E-state index in [1.54, 1.807) is 0 Å². The van der Waals surface area contributed by atoms with Crippen LogP contribution in [0.15, 0.2) is 61.0 Å². The number of aliphatic hydroxyl groups is 1. The summed E-state index contributed by atoms with van der Waals surface area (Å²) in [5, 5.41) is 10.6. The molecule has 0 spiro atoms. The number of aliphatic hydroxyl groups excluding tert-OH is 1. The number of nitrogens with zero attached hydrogens (tertiary/aromatic N) is 1. The number of allylic oxidation sites excluding steroid dienone is 8. The number of carbonyl (C=O) groups excluding carboxylic acids is 1. The molecule has 0 saturated carbocycles. The fourth-order valence-electron chi connectivity index (χ4n) is 4.25. The molecule has 126 valence electrons. The second-order valence-electron chi connectivity index (χ2n) is 6.82. The third kappa shape index (κ3) is 2.10. The number of rotatable bonds is 3. The van der Waals surface area contributed by atoms with Crippen molar-refractivity contribution < 1.29 is 9.90 Å². The van der Waals surface area contributed by atoms with Gasteiger partial charge in [-0.25, -0.2) is 0 Å². The number of carbonyl (C=O) groups is 1. The Bertz CT molecular complexity index is 854. The molecule has 3 rings (SSSR count). The fraction of sp³-hybridized carbons (Fsp3) is 0.429. The summed E-state index contributed by atoms with van der Waals surface area (Å²) in [5.74, 6) is 0.0676. The van der Waals surface area contributed by atoms with Gasteiger partial charge in [-0.15, -0.1) is 0 Å². The highest BCUT2D eigenvalue weighted by molar-refractivity contribution is 6.23. The first kappa shape index (κ1) is 16.7. The molecule has 24 heavy (non-hydrogen) atoms. The molecule has 0 amide bonds. The molecule has 0 fully saturated rings. The first-order valence-corrected chi connectivity index (χ1v) is 8.70. The molecule has 0 aromatic heterocycles. The maximum absolute atomic E-state index is 12.8. The van der Waals surface area contributed by atoms with Gasteiger partial charge < -0.3 is 5.11 Å². The van der Waals surface area contributed by atoms with Gasteiger partial charge in [-0.3, -0.25) is 9.79 Å². The van der Waals surface area contributed by atoms with Gasteiger partial charge in [0.1, 0.15) is 5.76 Å². The minimum absolute atomic E-state index is 0.0599. The van der Waals surface area contributed by atoms with Crippen molar-refractivity contribution in [2.75, 3.05) is 0 Å². The summed E-state index contributed by atoms with van der Waals surface area (Å²) in [4.78, 5) is 17.4. The lowest BCUT2D eigenvalue weighted by molar-refractivity contribution is -0.113. The van der Waals surface area contributed by atoms with E-state index in [4.69, 9.17) is 0 Å². The molecule has 0 unspecified atom stereocenters. The molecule has 3 aliphatic rings. The molecule has 0 aromatic carbocycles. The van der Waals surface area contributed by atoms with Gasteiger partial charge in [0.25, 0.3) is 0 Å². The zero-order valence-corrected chi connectivity index (χ0v) is 15.4. The Morgan fingerprint density at radius 3 is 2.04 bits per heavy atom. The Kier molecular flexibility index (Phi) is 3.98. The van der Waals surface area contributed by atoms with Crippen LogP contribution in [0.25, 0.3) is 0 Å². The van der Waals surface area contributed by atoms with Crippen LogP contribution in [0.1, 0.15) is 60.8 Å². The molecule has 0 radical (unpaired) electrons. The Labute approximate surface area is 143 Å². The third-order valence-corrected chi connectivity index (χ3v) is 5.56. The van der Waals surface area contributed by atoms with Gasteiger partial charge in [-0.1, -0.05) is 19.4 Å². The van der Waals surface area contributed by atoms with Crippen molar-refractivity contribution in [3.63, 3.8) is 0 Å². The standard InChI is InChI=1S/C21H25NO2/c1-7-14-10(3)9-16(11(14)4)17-20(23)18(21(17)24)19-12(5)15(8-2)13(6)22-19/h23H,7-9H2,1-6H3. The number of Topliss-reactive ketones (excluding diaryl/α,β-unsaturated/α-hetero) is 1. The molecule has 3 nitrogen and oxygen atoms in total. The van der Waals surface area contributed by atoms with E-state index in [0.29, 0.717) is 16.8 Å². The molecular weight excluding hydrogens is 298 g/mol. The van der Waals surface area contributed by atoms with Gasteiger partial charge in [-0.2, -0.15) is 0 Å². The second-order valence-corrected chi connectivity index (χ2v) is 6.82. The second kappa shape index (κ2) is 5.73. The van der Waals surface area contributed by atoms with Crippen LogP contribution in [-0.4, -0.2) is 16.6 Å². The van der Waals surface area contributed by atoms with Crippen molar-refractivity contribution in [1.29, 1.82) is 0 Å². The van der Waals surface area contributed by atoms with Crippen molar-refractivity contribution in [2.24, 2.45) is 4.99 Å². The van der Waals surface area contributed by atoms with E-state index in [0.717, 1.165) is 41.7 Å². The molecule has 1 aliphatic heterocycles. The lowest BCUT2D eigenvalue weighted by Gasteiger charge is -2.24. The molecule has 3 heteroatoms. The van der Waals surface area contributed by atoms with Crippen LogP contribution in [0.4, 0.5) is 0 Å². The maximum atomic E-state index is 12.8. The van der Waals surface area contributed by atoms with Crippen LogP contribution < -0.4 is 0 Å². The van der Waals surface area contributed by atoms with Gasteiger partial charge >= 0.3 is 0 Å². The smallest absolute Gasteiger partial charge is 0.203 e. The van der Waals surface area contributed by atoms with E-state index in [2.05, 4.69) is 32.7 Å². The zero-order valence-electron chi connectivity index (χ0n) is 15.4. The minimum Gasteiger partial charge on any atom is -0.506 e. The van der Waals surface area contributed by atoms with Crippen LogP contribution in [0.5, 0.6) is 0 Å². The highest BCUT2D eigenvalue weighted by Crippen LogP contribution is 2.46. The number of ketones is 1. The van der Waals surface area contributed by atoms with Crippen LogP contribution in [0.2, 0.25) is 0 Å². The monoisotopic (exact) mass is 323 g/mol. The molecule has 0 aromatic rings. The first-order valence-electron chi connectivity index (χ1n) is 8.70. The zero-order chi connectivity index (χ0) is 17.8. The Balaban J connectivity index is 2.09. The largest absolute Gasteiger partial charge is 0.506 e. The van der Waals surface area contributed by atoms with E-state index in [-0.39, 0.29) is 11.5 Å². The lowest BCUT2D eigenvalue weighted by atomic mass is 9.79. The first-order chi connectivity index (χ1) is 11.3. The Morgan fingerprint density at radius 2 is 1.58 bits per heavy atom. The Hall–Kier alpha value is -2.16. The Morgan fingerprint density at radius 1 is 0.958 bits per heavy atom. The van der Waals surface area contributed by atoms with E-state index in [1.165, 1.54) is 16.7 Å². The lowest BCUT2D eigenvalue weighted by Crippen LogP contribution is -2.25. The highest BCUT2D eigenvalue weighted by atomic mass is 16.3. The van der Waals surface area contributed by atoms with Crippen LogP contribution in [-0.2, 0) is 4.79 Å². The van der Waals surface area contributed by atoms with Crippen molar-refractivity contribution in [3.05, 3.63) is 56.0 Å². The van der Waals surface area contributed by atoms with Crippen molar-refractivity contribution in [2.45, 2.75) is 60.8 Å². The molecule has 2 aliphatic carbocycles. The quantitative estimate of drug-likeness (QED) is 0.718. The van der Waals surface area contributed by atoms with Crippen molar-refractivity contribution in [1.82, 2.24) is 0 Å². The summed E-state index contributed by atoms with van der Waals surface area (Å²) >= 11 is 0. The van der Waals surface area contributed by atoms with Gasteiger partial charge in [0.05, 0.1) is 16.8 Å². The van der Waals surface area contributed by atoms with E-state index < -0.39 is 0 Å². The average molecular weight is 323 g/mol. The van der Waals surface area contributed by atoms with Crippen molar-refractivity contribution in [3.8, 4) is 0 Å². The predicted molar refractivity (Wildman–Crippen MR) is 98.1 cm³/mol. The normalized spacial score (nSPS) is 24.6. The topological polar surface area (TPSA) is 49.7 Å². The summed E-state index contributed by atoms with van der Waals surface area (Å²) in [7, 11) is 0. The summed E-state index contributed by atoms with van der Waals surface area (Å²) in [6, 6.07) is 0. The van der Waals surface area contributed by atoms with Crippen LogP contribution in [0.3, 0.4) is 0 Å². The number of hydrogen-bond acceptors (Lipinski definition) is 3. The van der Waals surface area contributed by atoms with Gasteiger partial charge in [0, 0.05) is 5.71 Å². The summed E-state index contributed by atoms with van der Waals surface area (Å²) in [5.41, 5.74) is 9.47. The molecule has 0 saturated heterocycles. The minimum atomic E-state index is -0.0599. The van der Waals surface area contributed by atoms with Gasteiger partial charge in [-0.05, 0) is 74.8 Å². The van der Waals surface area contributed by atoms with E-state index in [1.807, 2.05) is 13.8 Å². The molecule has 1 N–H and O–H groups in total. The van der Waals surface area contributed by atoms with E-state index in [9.17, 15) is 9.90 Å². The number of aliphatic imine (C=N–C) groups is 1. The molecule has 0 bridgehead atoms. The maximum Gasteiger partial charge on any atom is 0.203 e. The molecular formula is C21H25NO2. The molecule has 1 heterocycles. The van der Waals surface area contributed by atoms with Crippen LogP contribution >= 0.6 is 0 Å². The average Bonchev–Trinajstić information content (AvgIpc) is 2.96. The predicted octanol–water partition coefficient (Wildman–Crippen LogP) is 5.28. The van der Waals surface area contributed by atoms with Crippen LogP contribution in [0, 0.1) is 0 Å². The third-order valence-electron chi connectivity index (χ3n) is 5.56.